The Labute approximate surface area is 135 Å². The molecule has 0 aliphatic carbocycles. The van der Waals surface area contributed by atoms with Gasteiger partial charge in [-0.15, -0.1) is 0 Å². The summed E-state index contributed by atoms with van der Waals surface area (Å²) in [5.74, 6) is -0.595. The molecule has 1 amide bonds. The van der Waals surface area contributed by atoms with E-state index in [0.29, 0.717) is 11.3 Å². The summed E-state index contributed by atoms with van der Waals surface area (Å²) in [6.07, 6.45) is 4.24. The van der Waals surface area contributed by atoms with Crippen LogP contribution in [0.2, 0.25) is 0 Å². The molecule has 23 heavy (non-hydrogen) atoms. The first-order valence-corrected chi connectivity index (χ1v) is 7.22. The number of carbonyl (C=O) groups excluding carboxylic acids is 2. The first kappa shape index (κ1) is 16.4. The van der Waals surface area contributed by atoms with Crippen molar-refractivity contribution < 1.29 is 14.3 Å². The standard InChI is InChI=1S/C18H18N2O3/c1-13(16-5-3-4-12-20-16)23-17(21)11-8-14-6-9-15(10-7-14)18(22)19-2/h3-13H,1-2H3,(H,19,22)/b11-8+/t13-/m1/s1. The van der Waals surface area contributed by atoms with Crippen molar-refractivity contribution in [1.29, 1.82) is 0 Å². The number of nitrogens with one attached hydrogen (secondary N) is 1. The first-order valence-electron chi connectivity index (χ1n) is 7.22. The molecule has 0 saturated heterocycles. The predicted octanol–water partition coefficient (Wildman–Crippen LogP) is 2.76. The third kappa shape index (κ3) is 4.78. The number of amides is 1. The zero-order valence-corrected chi connectivity index (χ0v) is 13.0. The van der Waals surface area contributed by atoms with E-state index in [1.807, 2.05) is 6.07 Å². The molecule has 2 rings (SSSR count). The molecule has 0 radical (unpaired) electrons. The van der Waals surface area contributed by atoms with Gasteiger partial charge in [0.25, 0.3) is 5.91 Å². The van der Waals surface area contributed by atoms with Gasteiger partial charge in [0.2, 0.25) is 0 Å². The number of ether oxygens (including phenoxy) is 1. The fraction of sp³-hybridized carbons (Fsp3) is 0.167. The summed E-state index contributed by atoms with van der Waals surface area (Å²) in [7, 11) is 1.58. The number of carbonyl (C=O) groups is 2. The van der Waals surface area contributed by atoms with Crippen molar-refractivity contribution in [2.24, 2.45) is 0 Å². The normalized spacial score (nSPS) is 11.9. The SMILES string of the molecule is CNC(=O)c1ccc(/C=C/C(=O)O[C@H](C)c2ccccn2)cc1. The molecule has 0 spiro atoms. The van der Waals surface area contributed by atoms with Crippen LogP contribution in [0.3, 0.4) is 0 Å². The predicted molar refractivity (Wildman–Crippen MR) is 87.6 cm³/mol. The number of pyridine rings is 1. The molecule has 2 aromatic rings. The Morgan fingerprint density at radius 1 is 1.17 bits per heavy atom. The second-order valence-corrected chi connectivity index (χ2v) is 4.87. The number of hydrogen-bond acceptors (Lipinski definition) is 4. The molecule has 118 valence electrons. The van der Waals surface area contributed by atoms with E-state index in [9.17, 15) is 9.59 Å². The summed E-state index contributed by atoms with van der Waals surface area (Å²) >= 11 is 0. The molecule has 0 bridgehead atoms. The zero-order valence-electron chi connectivity index (χ0n) is 13.0. The van der Waals surface area contributed by atoms with Gasteiger partial charge in [0.05, 0.1) is 5.69 Å². The first-order chi connectivity index (χ1) is 11.1. The zero-order chi connectivity index (χ0) is 16.7. The van der Waals surface area contributed by atoms with E-state index in [4.69, 9.17) is 4.74 Å². The Hall–Kier alpha value is -2.95. The summed E-state index contributed by atoms with van der Waals surface area (Å²) in [6.45, 7) is 1.77. The Kier molecular flexibility index (Phi) is 5.63. The Balaban J connectivity index is 1.94. The van der Waals surface area contributed by atoms with Gasteiger partial charge in [0.1, 0.15) is 6.10 Å². The monoisotopic (exact) mass is 310 g/mol. The summed E-state index contributed by atoms with van der Waals surface area (Å²) in [5, 5.41) is 2.55. The van der Waals surface area contributed by atoms with Crippen molar-refractivity contribution in [3.8, 4) is 0 Å². The maximum Gasteiger partial charge on any atom is 0.331 e. The molecule has 0 unspecified atom stereocenters. The molecule has 1 heterocycles. The van der Waals surface area contributed by atoms with E-state index < -0.39 is 12.1 Å². The van der Waals surface area contributed by atoms with E-state index in [1.54, 1.807) is 62.6 Å². The summed E-state index contributed by atoms with van der Waals surface area (Å²) in [4.78, 5) is 27.4. The Morgan fingerprint density at radius 3 is 2.52 bits per heavy atom. The number of hydrogen-bond donors (Lipinski definition) is 1. The van der Waals surface area contributed by atoms with Gasteiger partial charge in [-0.05, 0) is 42.8 Å². The smallest absolute Gasteiger partial charge is 0.331 e. The lowest BCUT2D eigenvalue weighted by Gasteiger charge is -2.10. The molecule has 1 aromatic carbocycles. The third-order valence-electron chi connectivity index (χ3n) is 3.21. The summed E-state index contributed by atoms with van der Waals surface area (Å²) < 4.78 is 5.29. The minimum absolute atomic E-state index is 0.149. The Bertz CT molecular complexity index is 694. The maximum atomic E-state index is 11.8. The van der Waals surface area contributed by atoms with Crippen LogP contribution >= 0.6 is 0 Å². The van der Waals surface area contributed by atoms with Crippen LogP contribution < -0.4 is 5.32 Å². The third-order valence-corrected chi connectivity index (χ3v) is 3.21. The number of rotatable bonds is 5. The van der Waals surface area contributed by atoms with Gasteiger partial charge < -0.3 is 10.1 Å². The van der Waals surface area contributed by atoms with Crippen molar-refractivity contribution in [2.75, 3.05) is 7.05 Å². The minimum Gasteiger partial charge on any atom is -0.453 e. The summed E-state index contributed by atoms with van der Waals surface area (Å²) in [6, 6.07) is 12.4. The average molecular weight is 310 g/mol. The van der Waals surface area contributed by atoms with Crippen molar-refractivity contribution in [1.82, 2.24) is 10.3 Å². The molecule has 1 aromatic heterocycles. The molecule has 5 heteroatoms. The van der Waals surface area contributed by atoms with Crippen LogP contribution in [0.5, 0.6) is 0 Å². The second kappa shape index (κ2) is 7.89. The molecule has 5 nitrogen and oxygen atoms in total. The molecular formula is C18H18N2O3. The van der Waals surface area contributed by atoms with Crippen LogP contribution in [-0.2, 0) is 9.53 Å². The van der Waals surface area contributed by atoms with E-state index in [-0.39, 0.29) is 5.91 Å². The number of esters is 1. The van der Waals surface area contributed by atoms with Crippen LogP contribution in [0.15, 0.2) is 54.7 Å². The molecular weight excluding hydrogens is 292 g/mol. The number of nitrogens with zero attached hydrogens (tertiary/aromatic N) is 1. The maximum absolute atomic E-state index is 11.8. The van der Waals surface area contributed by atoms with Crippen molar-refractivity contribution >= 4 is 18.0 Å². The number of benzene rings is 1. The quantitative estimate of drug-likeness (QED) is 0.681. The van der Waals surface area contributed by atoms with Gasteiger partial charge in [0.15, 0.2) is 0 Å². The lowest BCUT2D eigenvalue weighted by molar-refractivity contribution is -0.142. The fourth-order valence-electron chi connectivity index (χ4n) is 1.94. The van der Waals surface area contributed by atoms with Crippen LogP contribution in [-0.4, -0.2) is 23.9 Å². The van der Waals surface area contributed by atoms with E-state index in [0.717, 1.165) is 5.56 Å². The highest BCUT2D eigenvalue weighted by molar-refractivity contribution is 5.94. The highest BCUT2D eigenvalue weighted by Gasteiger charge is 2.10. The highest BCUT2D eigenvalue weighted by atomic mass is 16.5. The molecule has 0 saturated carbocycles. The van der Waals surface area contributed by atoms with E-state index in [2.05, 4.69) is 10.3 Å². The molecule has 0 aliphatic heterocycles. The molecule has 1 atom stereocenters. The average Bonchev–Trinajstić information content (AvgIpc) is 2.60. The summed E-state index contributed by atoms with van der Waals surface area (Å²) in [5.41, 5.74) is 2.07. The fourth-order valence-corrected chi connectivity index (χ4v) is 1.94. The minimum atomic E-state index is -0.446. The molecule has 0 aliphatic rings. The van der Waals surface area contributed by atoms with Gasteiger partial charge in [-0.3, -0.25) is 9.78 Å². The van der Waals surface area contributed by atoms with Crippen LogP contribution in [0.25, 0.3) is 6.08 Å². The van der Waals surface area contributed by atoms with Crippen LogP contribution in [0.4, 0.5) is 0 Å². The van der Waals surface area contributed by atoms with Crippen LogP contribution in [0.1, 0.15) is 34.6 Å². The lowest BCUT2D eigenvalue weighted by Crippen LogP contribution is -2.17. The van der Waals surface area contributed by atoms with Gasteiger partial charge >= 0.3 is 5.97 Å². The van der Waals surface area contributed by atoms with Crippen LogP contribution in [0, 0.1) is 0 Å². The van der Waals surface area contributed by atoms with E-state index >= 15 is 0 Å². The second-order valence-electron chi connectivity index (χ2n) is 4.87. The lowest BCUT2D eigenvalue weighted by atomic mass is 10.1. The largest absolute Gasteiger partial charge is 0.453 e. The molecule has 1 N–H and O–H groups in total. The van der Waals surface area contributed by atoms with E-state index in [1.165, 1.54) is 6.08 Å². The highest BCUT2D eigenvalue weighted by Crippen LogP contribution is 2.14. The number of aromatic nitrogens is 1. The van der Waals surface area contributed by atoms with Gasteiger partial charge in [0, 0.05) is 24.9 Å². The van der Waals surface area contributed by atoms with Gasteiger partial charge in [-0.1, -0.05) is 18.2 Å². The topological polar surface area (TPSA) is 68.3 Å². The van der Waals surface area contributed by atoms with Gasteiger partial charge in [-0.25, -0.2) is 4.79 Å². The Morgan fingerprint density at radius 2 is 1.91 bits per heavy atom. The van der Waals surface area contributed by atoms with Crippen molar-refractivity contribution in [2.45, 2.75) is 13.0 Å². The van der Waals surface area contributed by atoms with Crippen molar-refractivity contribution in [3.05, 3.63) is 71.6 Å². The van der Waals surface area contributed by atoms with Crippen molar-refractivity contribution in [3.63, 3.8) is 0 Å². The van der Waals surface area contributed by atoms with Gasteiger partial charge in [-0.2, -0.15) is 0 Å². The molecule has 0 fully saturated rings.